The van der Waals surface area contributed by atoms with Crippen molar-refractivity contribution in [2.75, 3.05) is 13.2 Å². The quantitative estimate of drug-likeness (QED) is 0.197. The summed E-state index contributed by atoms with van der Waals surface area (Å²) >= 11 is 0. The number of esters is 1. The van der Waals surface area contributed by atoms with E-state index in [-0.39, 0.29) is 37.2 Å². The minimum absolute atomic E-state index is 0.000677. The van der Waals surface area contributed by atoms with Gasteiger partial charge in [-0.3, -0.25) is 4.79 Å². The third-order valence-electron chi connectivity index (χ3n) is 5.07. The molecule has 12 heteroatoms. The smallest absolute Gasteiger partial charge is 0.458 e. The van der Waals surface area contributed by atoms with Crippen molar-refractivity contribution >= 4 is 24.4 Å². The molecule has 2 unspecified atom stereocenters. The molecule has 1 aromatic carbocycles. The summed E-state index contributed by atoms with van der Waals surface area (Å²) in [7, 11) is 0. The summed E-state index contributed by atoms with van der Waals surface area (Å²) in [6.45, 7) is 10.5. The molecule has 0 aromatic heterocycles. The van der Waals surface area contributed by atoms with Crippen LogP contribution in [0.4, 0.5) is 14.4 Å². The maximum absolute atomic E-state index is 12.4. The van der Waals surface area contributed by atoms with E-state index in [0.717, 1.165) is 0 Å². The molecule has 0 aliphatic heterocycles. The second-order valence-corrected chi connectivity index (χ2v) is 8.63. The van der Waals surface area contributed by atoms with Crippen molar-refractivity contribution in [3.63, 3.8) is 0 Å². The van der Waals surface area contributed by atoms with E-state index in [9.17, 15) is 19.2 Å². The summed E-state index contributed by atoms with van der Waals surface area (Å²) in [6, 6.07) is 3.23. The molecule has 0 radical (unpaired) electrons. The van der Waals surface area contributed by atoms with Crippen molar-refractivity contribution in [1.29, 1.82) is 0 Å². The standard InChI is InChI=1S/C26H39NO11/c1-7-12-32-24(29)33-15-18(6)34-23(28)20(27)13-19-10-11-21(37-25(30)35-16(4)8-2)22(14-19)38-26(31)36-17(5)9-3/h10-11,14,16-18,20H,7-9,12-13,15,27H2,1-6H3/t16?,17?,18-,20-/m0/s1. The fourth-order valence-electron chi connectivity index (χ4n) is 2.64. The Morgan fingerprint density at radius 3 is 1.89 bits per heavy atom. The van der Waals surface area contributed by atoms with Gasteiger partial charge >= 0.3 is 24.4 Å². The van der Waals surface area contributed by atoms with Crippen LogP contribution in [0.5, 0.6) is 11.5 Å². The minimum Gasteiger partial charge on any atom is -0.458 e. The number of nitrogens with two attached hydrogens (primary N) is 1. The summed E-state index contributed by atoms with van der Waals surface area (Å²) in [5.41, 5.74) is 6.48. The fraction of sp³-hybridized carbons (Fsp3) is 0.615. The van der Waals surface area contributed by atoms with Gasteiger partial charge in [-0.25, -0.2) is 14.4 Å². The number of benzene rings is 1. The molecule has 4 atom stereocenters. The van der Waals surface area contributed by atoms with Gasteiger partial charge in [0.2, 0.25) is 0 Å². The van der Waals surface area contributed by atoms with Gasteiger partial charge in [0.15, 0.2) is 11.5 Å². The first-order valence-electron chi connectivity index (χ1n) is 12.6. The first kappa shape index (κ1) is 32.5. The van der Waals surface area contributed by atoms with Crippen LogP contribution in [-0.4, -0.2) is 62.0 Å². The van der Waals surface area contributed by atoms with Crippen LogP contribution >= 0.6 is 0 Å². The molecule has 0 aliphatic rings. The third kappa shape index (κ3) is 12.6. The van der Waals surface area contributed by atoms with Gasteiger partial charge in [0.25, 0.3) is 0 Å². The molecule has 1 rings (SSSR count). The molecule has 0 aliphatic carbocycles. The lowest BCUT2D eigenvalue weighted by Gasteiger charge is -2.18. The van der Waals surface area contributed by atoms with Crippen LogP contribution in [0.15, 0.2) is 18.2 Å². The van der Waals surface area contributed by atoms with E-state index in [4.69, 9.17) is 38.9 Å². The van der Waals surface area contributed by atoms with Gasteiger partial charge in [-0.1, -0.05) is 26.8 Å². The molecule has 2 N–H and O–H groups in total. The zero-order chi connectivity index (χ0) is 28.7. The predicted molar refractivity (Wildman–Crippen MR) is 135 cm³/mol. The van der Waals surface area contributed by atoms with Crippen LogP contribution in [0.3, 0.4) is 0 Å². The van der Waals surface area contributed by atoms with E-state index >= 15 is 0 Å². The number of hydrogen-bond acceptors (Lipinski definition) is 12. The zero-order valence-electron chi connectivity index (χ0n) is 22.9. The van der Waals surface area contributed by atoms with Crippen LogP contribution in [0.25, 0.3) is 0 Å². The molecule has 0 amide bonds. The molecular formula is C26H39NO11. The Kier molecular flexibility index (Phi) is 14.6. The normalized spacial score (nSPS) is 13.8. The maximum Gasteiger partial charge on any atom is 0.514 e. The minimum atomic E-state index is -1.09. The van der Waals surface area contributed by atoms with E-state index < -0.39 is 42.7 Å². The van der Waals surface area contributed by atoms with Crippen molar-refractivity contribution in [3.8, 4) is 11.5 Å². The van der Waals surface area contributed by atoms with Crippen LogP contribution < -0.4 is 15.2 Å². The van der Waals surface area contributed by atoms with E-state index in [0.29, 0.717) is 24.8 Å². The Labute approximate surface area is 223 Å². The summed E-state index contributed by atoms with van der Waals surface area (Å²) < 4.78 is 35.6. The topological polar surface area (TPSA) is 159 Å². The second-order valence-electron chi connectivity index (χ2n) is 8.63. The van der Waals surface area contributed by atoms with Gasteiger partial charge in [-0.05, 0) is 64.2 Å². The lowest BCUT2D eigenvalue weighted by atomic mass is 10.1. The lowest BCUT2D eigenvalue weighted by molar-refractivity contribution is -0.152. The van der Waals surface area contributed by atoms with Crippen LogP contribution in [0.1, 0.15) is 66.4 Å². The van der Waals surface area contributed by atoms with Crippen molar-refractivity contribution in [2.24, 2.45) is 5.73 Å². The van der Waals surface area contributed by atoms with E-state index in [2.05, 4.69) is 0 Å². The Hall–Kier alpha value is -3.54. The SMILES string of the molecule is CCCOC(=O)OC[C@H](C)OC(=O)[C@@H](N)Cc1ccc(OC(=O)OC(C)CC)c(OC(=O)OC(C)CC)c1. The molecular weight excluding hydrogens is 502 g/mol. The van der Waals surface area contributed by atoms with Gasteiger partial charge in [0.05, 0.1) is 6.61 Å². The molecule has 0 saturated carbocycles. The van der Waals surface area contributed by atoms with Crippen molar-refractivity contribution < 1.29 is 52.3 Å². The predicted octanol–water partition coefficient (Wildman–Crippen LogP) is 4.68. The fourth-order valence-corrected chi connectivity index (χ4v) is 2.64. The molecule has 0 saturated heterocycles. The van der Waals surface area contributed by atoms with Crippen molar-refractivity contribution in [3.05, 3.63) is 23.8 Å². The summed E-state index contributed by atoms with van der Waals surface area (Å²) in [6.07, 6.45) is -2.55. The Balaban J connectivity index is 2.88. The first-order chi connectivity index (χ1) is 18.0. The number of rotatable bonds is 14. The molecule has 38 heavy (non-hydrogen) atoms. The van der Waals surface area contributed by atoms with Gasteiger partial charge in [0, 0.05) is 0 Å². The number of hydrogen-bond donors (Lipinski definition) is 1. The Bertz CT molecular complexity index is 920. The summed E-state index contributed by atoms with van der Waals surface area (Å²) in [5.74, 6) is -0.941. The van der Waals surface area contributed by atoms with Gasteiger partial charge in [-0.15, -0.1) is 0 Å². The highest BCUT2D eigenvalue weighted by Crippen LogP contribution is 2.30. The monoisotopic (exact) mass is 541 g/mol. The van der Waals surface area contributed by atoms with Gasteiger partial charge in [-0.2, -0.15) is 0 Å². The van der Waals surface area contributed by atoms with Crippen molar-refractivity contribution in [2.45, 2.75) is 91.6 Å². The maximum atomic E-state index is 12.4. The summed E-state index contributed by atoms with van der Waals surface area (Å²) in [5, 5.41) is 0. The molecule has 12 nitrogen and oxygen atoms in total. The summed E-state index contributed by atoms with van der Waals surface area (Å²) in [4.78, 5) is 48.2. The van der Waals surface area contributed by atoms with Gasteiger partial charge < -0.3 is 38.9 Å². The number of carbonyl (C=O) groups excluding carboxylic acids is 4. The zero-order valence-corrected chi connectivity index (χ0v) is 22.9. The molecule has 0 bridgehead atoms. The van der Waals surface area contributed by atoms with Crippen LogP contribution in [0.2, 0.25) is 0 Å². The van der Waals surface area contributed by atoms with E-state index in [1.807, 2.05) is 20.8 Å². The van der Waals surface area contributed by atoms with Crippen LogP contribution in [-0.2, 0) is 34.9 Å². The second kappa shape index (κ2) is 17.1. The Morgan fingerprint density at radius 1 is 0.763 bits per heavy atom. The molecule has 0 heterocycles. The van der Waals surface area contributed by atoms with Gasteiger partial charge in [0.1, 0.15) is 31.0 Å². The van der Waals surface area contributed by atoms with Crippen LogP contribution in [0, 0.1) is 0 Å². The highest BCUT2D eigenvalue weighted by atomic mass is 16.8. The number of carbonyl (C=O) groups is 4. The average Bonchev–Trinajstić information content (AvgIpc) is 2.87. The average molecular weight is 542 g/mol. The van der Waals surface area contributed by atoms with E-state index in [1.165, 1.54) is 19.1 Å². The Morgan fingerprint density at radius 2 is 1.34 bits per heavy atom. The molecule has 0 fully saturated rings. The number of ether oxygens (including phenoxy) is 7. The third-order valence-corrected chi connectivity index (χ3v) is 5.07. The lowest BCUT2D eigenvalue weighted by Crippen LogP contribution is -2.37. The highest BCUT2D eigenvalue weighted by molar-refractivity contribution is 5.76. The molecule has 1 aromatic rings. The first-order valence-corrected chi connectivity index (χ1v) is 12.6. The highest BCUT2D eigenvalue weighted by Gasteiger charge is 2.23. The largest absolute Gasteiger partial charge is 0.514 e. The molecule has 0 spiro atoms. The van der Waals surface area contributed by atoms with E-state index in [1.54, 1.807) is 19.9 Å². The van der Waals surface area contributed by atoms with Crippen molar-refractivity contribution in [1.82, 2.24) is 0 Å². The molecule has 214 valence electrons.